The van der Waals surface area contributed by atoms with E-state index in [2.05, 4.69) is 5.10 Å². The minimum atomic E-state index is -0.937. The van der Waals surface area contributed by atoms with Crippen LogP contribution >= 0.6 is 0 Å². The number of hydrogen-bond acceptors (Lipinski definition) is 3. The third kappa shape index (κ3) is 2.19. The fraction of sp³-hybridized carbons (Fsp3) is 0.286. The Morgan fingerprint density at radius 3 is 3.00 bits per heavy atom. The van der Waals surface area contributed by atoms with Crippen LogP contribution in [0.25, 0.3) is 0 Å². The SMILES string of the molecule is O=C(O)CCn1ncccc1=O. The van der Waals surface area contributed by atoms with E-state index in [4.69, 9.17) is 5.11 Å². The first-order valence-electron chi connectivity index (χ1n) is 3.44. The van der Waals surface area contributed by atoms with Crippen molar-refractivity contribution in [2.75, 3.05) is 0 Å². The fourth-order valence-corrected chi connectivity index (χ4v) is 0.757. The molecular weight excluding hydrogens is 160 g/mol. The number of aliphatic carboxylic acids is 1. The summed E-state index contributed by atoms with van der Waals surface area (Å²) in [5.74, 6) is -0.937. The Morgan fingerprint density at radius 1 is 1.67 bits per heavy atom. The molecule has 0 aromatic carbocycles. The quantitative estimate of drug-likeness (QED) is 0.673. The third-order valence-electron chi connectivity index (χ3n) is 1.32. The number of rotatable bonds is 3. The van der Waals surface area contributed by atoms with Crippen LogP contribution in [0.1, 0.15) is 6.42 Å². The molecule has 0 fully saturated rings. The van der Waals surface area contributed by atoms with Gasteiger partial charge in [0.25, 0.3) is 5.56 Å². The molecule has 0 atom stereocenters. The van der Waals surface area contributed by atoms with Crippen molar-refractivity contribution in [3.8, 4) is 0 Å². The van der Waals surface area contributed by atoms with E-state index in [0.717, 1.165) is 4.68 Å². The molecule has 0 aliphatic carbocycles. The number of hydrogen-bond donors (Lipinski definition) is 1. The van der Waals surface area contributed by atoms with Gasteiger partial charge in [-0.3, -0.25) is 9.59 Å². The van der Waals surface area contributed by atoms with Gasteiger partial charge in [-0.05, 0) is 6.07 Å². The molecule has 0 saturated carbocycles. The summed E-state index contributed by atoms with van der Waals surface area (Å²) in [5, 5.41) is 12.0. The summed E-state index contributed by atoms with van der Waals surface area (Å²) in [6.45, 7) is 0.120. The molecule has 5 heteroatoms. The van der Waals surface area contributed by atoms with Crippen molar-refractivity contribution in [2.24, 2.45) is 0 Å². The summed E-state index contributed by atoms with van der Waals surface area (Å²) in [6, 6.07) is 2.86. The van der Waals surface area contributed by atoms with Gasteiger partial charge in [0.2, 0.25) is 0 Å². The molecule has 0 amide bonds. The molecule has 1 N–H and O–H groups in total. The average molecular weight is 168 g/mol. The summed E-state index contributed by atoms with van der Waals surface area (Å²) in [5.41, 5.74) is -0.279. The lowest BCUT2D eigenvalue weighted by Gasteiger charge is -1.98. The van der Waals surface area contributed by atoms with Crippen molar-refractivity contribution in [1.82, 2.24) is 9.78 Å². The van der Waals surface area contributed by atoms with Crippen LogP contribution in [-0.2, 0) is 11.3 Å². The first-order valence-corrected chi connectivity index (χ1v) is 3.44. The first kappa shape index (κ1) is 8.45. The van der Waals surface area contributed by atoms with E-state index in [9.17, 15) is 9.59 Å². The second-order valence-corrected chi connectivity index (χ2v) is 2.23. The molecule has 0 radical (unpaired) electrons. The van der Waals surface area contributed by atoms with E-state index in [1.54, 1.807) is 0 Å². The number of nitrogens with zero attached hydrogens (tertiary/aromatic N) is 2. The van der Waals surface area contributed by atoms with Gasteiger partial charge in [0, 0.05) is 12.3 Å². The highest BCUT2D eigenvalue weighted by molar-refractivity contribution is 5.66. The zero-order chi connectivity index (χ0) is 8.97. The monoisotopic (exact) mass is 168 g/mol. The molecule has 64 valence electrons. The van der Waals surface area contributed by atoms with Crippen molar-refractivity contribution in [1.29, 1.82) is 0 Å². The van der Waals surface area contributed by atoms with Crippen LogP contribution in [0.3, 0.4) is 0 Å². The normalized spacial score (nSPS) is 9.67. The largest absolute Gasteiger partial charge is 0.481 e. The van der Waals surface area contributed by atoms with Crippen molar-refractivity contribution < 1.29 is 9.90 Å². The maximum Gasteiger partial charge on any atom is 0.305 e. The fourth-order valence-electron chi connectivity index (χ4n) is 0.757. The third-order valence-corrected chi connectivity index (χ3v) is 1.32. The Labute approximate surface area is 68.3 Å². The highest BCUT2D eigenvalue weighted by Gasteiger charge is 1.99. The lowest BCUT2D eigenvalue weighted by molar-refractivity contribution is -0.137. The molecule has 1 aromatic rings. The first-order chi connectivity index (χ1) is 5.70. The summed E-state index contributed by atoms with van der Waals surface area (Å²) < 4.78 is 1.12. The molecule has 1 aromatic heterocycles. The van der Waals surface area contributed by atoms with Crippen molar-refractivity contribution in [2.45, 2.75) is 13.0 Å². The van der Waals surface area contributed by atoms with Crippen molar-refractivity contribution >= 4 is 5.97 Å². The van der Waals surface area contributed by atoms with Gasteiger partial charge in [-0.25, -0.2) is 4.68 Å². The molecule has 0 spiro atoms. The van der Waals surface area contributed by atoms with Gasteiger partial charge in [-0.2, -0.15) is 5.10 Å². The molecule has 0 aliphatic heterocycles. The second kappa shape index (κ2) is 3.66. The Bertz CT molecular complexity index is 331. The topological polar surface area (TPSA) is 72.2 Å². The van der Waals surface area contributed by atoms with Crippen LogP contribution in [0.2, 0.25) is 0 Å². The van der Waals surface area contributed by atoms with Crippen LogP contribution in [0.15, 0.2) is 23.1 Å². The van der Waals surface area contributed by atoms with Crippen LogP contribution in [0.5, 0.6) is 0 Å². The predicted octanol–water partition coefficient (Wildman–Crippen LogP) is -0.282. The van der Waals surface area contributed by atoms with Gasteiger partial charge in [-0.15, -0.1) is 0 Å². The number of aromatic nitrogens is 2. The van der Waals surface area contributed by atoms with E-state index < -0.39 is 5.97 Å². The van der Waals surface area contributed by atoms with Crippen LogP contribution < -0.4 is 5.56 Å². The summed E-state index contributed by atoms with van der Waals surface area (Å²) in [7, 11) is 0. The van der Waals surface area contributed by atoms with Crippen LogP contribution in [0, 0.1) is 0 Å². The standard InChI is InChI=1S/C7H8N2O3/c10-6-2-1-4-8-9(6)5-3-7(11)12/h1-2,4H,3,5H2,(H,11,12). The van der Waals surface area contributed by atoms with Crippen LogP contribution in [0.4, 0.5) is 0 Å². The molecule has 1 heterocycles. The summed E-state index contributed by atoms with van der Waals surface area (Å²) >= 11 is 0. The van der Waals surface area contributed by atoms with E-state index in [1.165, 1.54) is 18.3 Å². The number of carboxylic acid groups (broad SMARTS) is 1. The van der Waals surface area contributed by atoms with Crippen molar-refractivity contribution in [3.63, 3.8) is 0 Å². The van der Waals surface area contributed by atoms with E-state index in [1.807, 2.05) is 0 Å². The van der Waals surface area contributed by atoms with E-state index in [-0.39, 0.29) is 18.5 Å². The molecule has 12 heavy (non-hydrogen) atoms. The van der Waals surface area contributed by atoms with Crippen molar-refractivity contribution in [3.05, 3.63) is 28.7 Å². The zero-order valence-corrected chi connectivity index (χ0v) is 6.30. The molecule has 0 saturated heterocycles. The Balaban J connectivity index is 2.70. The van der Waals surface area contributed by atoms with E-state index >= 15 is 0 Å². The maximum absolute atomic E-state index is 10.9. The van der Waals surface area contributed by atoms with Gasteiger partial charge in [0.15, 0.2) is 0 Å². The lowest BCUT2D eigenvalue weighted by atomic mass is 10.4. The zero-order valence-electron chi connectivity index (χ0n) is 6.30. The van der Waals surface area contributed by atoms with Gasteiger partial charge < -0.3 is 5.11 Å². The van der Waals surface area contributed by atoms with Gasteiger partial charge in [0.1, 0.15) is 0 Å². The highest BCUT2D eigenvalue weighted by Crippen LogP contribution is 1.83. The second-order valence-electron chi connectivity index (χ2n) is 2.23. The van der Waals surface area contributed by atoms with Crippen LogP contribution in [-0.4, -0.2) is 20.9 Å². The summed E-state index contributed by atoms with van der Waals surface area (Å²) in [4.78, 5) is 21.1. The van der Waals surface area contributed by atoms with E-state index in [0.29, 0.717) is 0 Å². The van der Waals surface area contributed by atoms with Gasteiger partial charge >= 0.3 is 5.97 Å². The molecule has 5 nitrogen and oxygen atoms in total. The minimum absolute atomic E-state index is 0.0864. The Kier molecular flexibility index (Phi) is 2.57. The molecule has 0 bridgehead atoms. The average Bonchev–Trinajstić information content (AvgIpc) is 2.03. The predicted molar refractivity (Wildman–Crippen MR) is 40.7 cm³/mol. The Morgan fingerprint density at radius 2 is 2.42 bits per heavy atom. The number of aryl methyl sites for hydroxylation is 1. The van der Waals surface area contributed by atoms with Gasteiger partial charge in [0.05, 0.1) is 13.0 Å². The molecule has 1 rings (SSSR count). The lowest BCUT2D eigenvalue weighted by Crippen LogP contribution is -2.22. The molecule has 0 unspecified atom stereocenters. The highest BCUT2D eigenvalue weighted by atomic mass is 16.4. The summed E-state index contributed by atoms with van der Waals surface area (Å²) in [6.07, 6.45) is 1.36. The molecule has 0 aliphatic rings. The number of carbonyl (C=O) groups is 1. The minimum Gasteiger partial charge on any atom is -0.481 e. The smallest absolute Gasteiger partial charge is 0.305 e. The molecular formula is C7H8N2O3. The number of carboxylic acids is 1. The maximum atomic E-state index is 10.9. The van der Waals surface area contributed by atoms with Gasteiger partial charge in [-0.1, -0.05) is 0 Å². The Hall–Kier alpha value is -1.65.